The van der Waals surface area contributed by atoms with E-state index in [1.165, 1.54) is 0 Å². The molecular formula is C21H33N5O2. The van der Waals surface area contributed by atoms with Crippen LogP contribution in [0.4, 0.5) is 5.69 Å². The van der Waals surface area contributed by atoms with E-state index >= 15 is 0 Å². The van der Waals surface area contributed by atoms with Crippen molar-refractivity contribution >= 4 is 17.6 Å². The lowest BCUT2D eigenvalue weighted by atomic mass is 10.0. The molecule has 0 aromatic heterocycles. The summed E-state index contributed by atoms with van der Waals surface area (Å²) < 4.78 is 5.49. The summed E-state index contributed by atoms with van der Waals surface area (Å²) in [5.74, 6) is 1.43. The first-order valence-electron chi connectivity index (χ1n) is 10.2. The molecule has 28 heavy (non-hydrogen) atoms. The van der Waals surface area contributed by atoms with Gasteiger partial charge in [0.2, 0.25) is 5.91 Å². The van der Waals surface area contributed by atoms with E-state index in [0.29, 0.717) is 24.9 Å². The van der Waals surface area contributed by atoms with Gasteiger partial charge in [0.05, 0.1) is 19.3 Å². The van der Waals surface area contributed by atoms with E-state index in [-0.39, 0.29) is 11.9 Å². The number of nitrogens with zero attached hydrogens (tertiary/aromatic N) is 3. The number of rotatable bonds is 6. The SMILES string of the molecule is CN=C(NCC(C(C)C)N1CCOCC1)NC1CC(=O)N(c2ccccc2)C1. The third-order valence-corrected chi connectivity index (χ3v) is 5.52. The van der Waals surface area contributed by atoms with Gasteiger partial charge < -0.3 is 20.3 Å². The van der Waals surface area contributed by atoms with Gasteiger partial charge in [-0.2, -0.15) is 0 Å². The monoisotopic (exact) mass is 387 g/mol. The van der Waals surface area contributed by atoms with Gasteiger partial charge in [0.15, 0.2) is 5.96 Å². The molecule has 7 nitrogen and oxygen atoms in total. The lowest BCUT2D eigenvalue weighted by Gasteiger charge is -2.37. The molecule has 154 valence electrons. The molecular weight excluding hydrogens is 354 g/mol. The fourth-order valence-electron chi connectivity index (χ4n) is 3.95. The number of benzene rings is 1. The summed E-state index contributed by atoms with van der Waals surface area (Å²) in [7, 11) is 1.78. The number of nitrogens with one attached hydrogen (secondary N) is 2. The molecule has 0 bridgehead atoms. The zero-order valence-electron chi connectivity index (χ0n) is 17.2. The fraction of sp³-hybridized carbons (Fsp3) is 0.619. The second-order valence-electron chi connectivity index (χ2n) is 7.80. The van der Waals surface area contributed by atoms with Crippen molar-refractivity contribution in [1.82, 2.24) is 15.5 Å². The molecule has 2 N–H and O–H groups in total. The normalized spacial score (nSPS) is 22.6. The molecule has 0 aliphatic carbocycles. The van der Waals surface area contributed by atoms with Crippen molar-refractivity contribution in [2.45, 2.75) is 32.4 Å². The minimum absolute atomic E-state index is 0.0554. The van der Waals surface area contributed by atoms with Crippen molar-refractivity contribution in [2.24, 2.45) is 10.9 Å². The van der Waals surface area contributed by atoms with Crippen LogP contribution in [0.15, 0.2) is 35.3 Å². The Morgan fingerprint density at radius 1 is 1.25 bits per heavy atom. The van der Waals surface area contributed by atoms with Crippen molar-refractivity contribution in [3.8, 4) is 0 Å². The number of ether oxygens (including phenoxy) is 1. The van der Waals surface area contributed by atoms with Gasteiger partial charge >= 0.3 is 0 Å². The topological polar surface area (TPSA) is 69.2 Å². The van der Waals surface area contributed by atoms with Crippen molar-refractivity contribution in [2.75, 3.05) is 51.3 Å². The molecule has 0 spiro atoms. The maximum atomic E-state index is 12.4. The first-order chi connectivity index (χ1) is 13.6. The van der Waals surface area contributed by atoms with Crippen LogP contribution >= 0.6 is 0 Å². The molecule has 2 unspecified atom stereocenters. The molecule has 2 atom stereocenters. The van der Waals surface area contributed by atoms with Crippen LogP contribution in [0, 0.1) is 5.92 Å². The third-order valence-electron chi connectivity index (χ3n) is 5.52. The molecule has 7 heteroatoms. The lowest BCUT2D eigenvalue weighted by molar-refractivity contribution is -0.117. The molecule has 1 aromatic rings. The molecule has 2 aliphatic rings. The highest BCUT2D eigenvalue weighted by molar-refractivity contribution is 5.97. The number of anilines is 1. The second kappa shape index (κ2) is 9.89. The smallest absolute Gasteiger partial charge is 0.229 e. The summed E-state index contributed by atoms with van der Waals surface area (Å²) in [5.41, 5.74) is 0.951. The Morgan fingerprint density at radius 3 is 2.61 bits per heavy atom. The molecule has 2 saturated heterocycles. The number of para-hydroxylation sites is 1. The Balaban J connectivity index is 1.53. The highest BCUT2D eigenvalue weighted by Crippen LogP contribution is 2.21. The van der Waals surface area contributed by atoms with Gasteiger partial charge in [0.1, 0.15) is 0 Å². The zero-order valence-corrected chi connectivity index (χ0v) is 17.2. The number of amides is 1. The zero-order chi connectivity index (χ0) is 19.9. The van der Waals surface area contributed by atoms with Crippen molar-refractivity contribution in [3.05, 3.63) is 30.3 Å². The molecule has 3 rings (SSSR count). The van der Waals surface area contributed by atoms with Crippen molar-refractivity contribution in [1.29, 1.82) is 0 Å². The highest BCUT2D eigenvalue weighted by Gasteiger charge is 2.31. The van der Waals surface area contributed by atoms with Crippen molar-refractivity contribution < 1.29 is 9.53 Å². The predicted molar refractivity (Wildman–Crippen MR) is 113 cm³/mol. The highest BCUT2D eigenvalue weighted by atomic mass is 16.5. The first kappa shape index (κ1) is 20.6. The molecule has 2 heterocycles. The average Bonchev–Trinajstić information content (AvgIpc) is 3.08. The van der Waals surface area contributed by atoms with E-state index < -0.39 is 0 Å². The van der Waals surface area contributed by atoms with Crippen molar-refractivity contribution in [3.63, 3.8) is 0 Å². The second-order valence-corrected chi connectivity index (χ2v) is 7.80. The van der Waals surface area contributed by atoms with Crippen LogP contribution in [-0.2, 0) is 9.53 Å². The Bertz CT molecular complexity index is 658. The minimum atomic E-state index is 0.0554. The quantitative estimate of drug-likeness (QED) is 0.569. The van der Waals surface area contributed by atoms with E-state index in [1.54, 1.807) is 7.05 Å². The lowest BCUT2D eigenvalue weighted by Crippen LogP contribution is -2.53. The summed E-state index contributed by atoms with van der Waals surface area (Å²) >= 11 is 0. The standard InChI is InChI=1S/C21H33N5O2/c1-16(2)19(25-9-11-28-12-10-25)14-23-21(22-3)24-17-13-20(27)26(15-17)18-7-5-4-6-8-18/h4-8,16-17,19H,9-15H2,1-3H3,(H2,22,23,24). The van der Waals surface area contributed by atoms with E-state index in [1.807, 2.05) is 35.2 Å². The Labute approximate surface area is 168 Å². The van der Waals surface area contributed by atoms with Gasteiger partial charge in [-0.3, -0.25) is 14.7 Å². The maximum absolute atomic E-state index is 12.4. The Hall–Kier alpha value is -2.12. The van der Waals surface area contributed by atoms with Crippen LogP contribution in [0.25, 0.3) is 0 Å². The Kier molecular flexibility index (Phi) is 7.28. The summed E-state index contributed by atoms with van der Waals surface area (Å²) in [5, 5.41) is 6.90. The number of carbonyl (C=O) groups excluding carboxylic acids is 1. The van der Waals surface area contributed by atoms with E-state index in [0.717, 1.165) is 44.5 Å². The number of morpholine rings is 1. The van der Waals surface area contributed by atoms with Crippen LogP contribution in [0.5, 0.6) is 0 Å². The summed E-state index contributed by atoms with van der Waals surface area (Å²) in [6.45, 7) is 9.53. The molecule has 0 radical (unpaired) electrons. The van der Waals surface area contributed by atoms with Crippen LogP contribution in [0.1, 0.15) is 20.3 Å². The average molecular weight is 388 g/mol. The van der Waals surface area contributed by atoms with Gasteiger partial charge in [-0.1, -0.05) is 32.0 Å². The third kappa shape index (κ3) is 5.23. The predicted octanol–water partition coefficient (Wildman–Crippen LogP) is 1.31. The molecule has 1 aromatic carbocycles. The summed E-state index contributed by atoms with van der Waals surface area (Å²) in [6, 6.07) is 10.3. The molecule has 2 fully saturated rings. The van der Waals surface area contributed by atoms with E-state index in [9.17, 15) is 4.79 Å². The minimum Gasteiger partial charge on any atom is -0.379 e. The number of guanidine groups is 1. The van der Waals surface area contributed by atoms with E-state index in [2.05, 4.69) is 34.4 Å². The van der Waals surface area contributed by atoms with Gasteiger partial charge in [0, 0.05) is 51.4 Å². The van der Waals surface area contributed by atoms with Crippen LogP contribution in [0.3, 0.4) is 0 Å². The van der Waals surface area contributed by atoms with Gasteiger partial charge in [0.25, 0.3) is 0 Å². The number of aliphatic imine (C=N–C) groups is 1. The number of hydrogen-bond acceptors (Lipinski definition) is 4. The fourth-order valence-corrected chi connectivity index (χ4v) is 3.95. The van der Waals surface area contributed by atoms with E-state index in [4.69, 9.17) is 4.74 Å². The van der Waals surface area contributed by atoms with Gasteiger partial charge in [-0.25, -0.2) is 0 Å². The summed E-state index contributed by atoms with van der Waals surface area (Å²) in [4.78, 5) is 21.1. The van der Waals surface area contributed by atoms with Crippen LogP contribution in [-0.4, -0.2) is 75.3 Å². The number of hydrogen-bond donors (Lipinski definition) is 2. The largest absolute Gasteiger partial charge is 0.379 e. The van der Waals surface area contributed by atoms with Crippen LogP contribution < -0.4 is 15.5 Å². The molecule has 2 aliphatic heterocycles. The van der Waals surface area contributed by atoms with Gasteiger partial charge in [-0.15, -0.1) is 0 Å². The van der Waals surface area contributed by atoms with Crippen LogP contribution in [0.2, 0.25) is 0 Å². The molecule has 0 saturated carbocycles. The Morgan fingerprint density at radius 2 is 1.96 bits per heavy atom. The maximum Gasteiger partial charge on any atom is 0.229 e. The number of carbonyl (C=O) groups is 1. The molecule has 1 amide bonds. The van der Waals surface area contributed by atoms with Gasteiger partial charge in [-0.05, 0) is 18.1 Å². The first-order valence-corrected chi connectivity index (χ1v) is 10.2. The summed E-state index contributed by atoms with van der Waals surface area (Å²) in [6.07, 6.45) is 0.479.